The Morgan fingerprint density at radius 1 is 1.18 bits per heavy atom. The molecule has 0 saturated heterocycles. The molecule has 1 N–H and O–H groups in total. The minimum atomic E-state index is -0.428. The van der Waals surface area contributed by atoms with Crippen LogP contribution in [0.5, 0.6) is 5.75 Å². The van der Waals surface area contributed by atoms with Crippen LogP contribution in [0.3, 0.4) is 0 Å². The largest absolute Gasteiger partial charge is 0.481 e. The Balaban J connectivity index is 1.54. The number of rotatable bonds is 6. The van der Waals surface area contributed by atoms with E-state index in [0.717, 1.165) is 24.5 Å². The monoisotopic (exact) mass is 570 g/mol. The van der Waals surface area contributed by atoms with E-state index < -0.39 is 5.91 Å². The average molecular weight is 573 g/mol. The number of aryl methyl sites for hydroxylation is 1. The second-order valence-electron chi connectivity index (χ2n) is 5.59. The van der Waals surface area contributed by atoms with Crippen molar-refractivity contribution in [1.29, 1.82) is 0 Å². The van der Waals surface area contributed by atoms with Crippen LogP contribution in [0.2, 0.25) is 0 Å². The second-order valence-corrected chi connectivity index (χ2v) is 8.22. The van der Waals surface area contributed by atoms with Crippen LogP contribution < -0.4 is 10.2 Å². The van der Waals surface area contributed by atoms with Crippen molar-refractivity contribution in [2.24, 2.45) is 5.10 Å². The van der Waals surface area contributed by atoms with Gasteiger partial charge >= 0.3 is 0 Å². The van der Waals surface area contributed by atoms with Gasteiger partial charge in [-0.25, -0.2) is 5.43 Å². The number of nitrogens with one attached hydrogen (secondary N) is 1. The second kappa shape index (κ2) is 9.44. The normalized spacial score (nSPS) is 11.0. The molecule has 0 radical (unpaired) electrons. The number of carbonyl (C=O) groups excluding carboxylic acids is 1. The fraction of sp³-hybridized carbons (Fsp3) is 0.111. The number of amides is 1. The fourth-order valence-corrected chi connectivity index (χ4v) is 4.06. The van der Waals surface area contributed by atoms with Crippen molar-refractivity contribution in [2.75, 3.05) is 6.61 Å². The molecule has 1 heterocycles. The minimum Gasteiger partial charge on any atom is -0.481 e. The zero-order chi connectivity index (χ0) is 20.1. The van der Waals surface area contributed by atoms with E-state index in [1.807, 2.05) is 43.3 Å². The zero-order valence-corrected chi connectivity index (χ0v) is 19.2. The molecule has 7 nitrogen and oxygen atoms in total. The summed E-state index contributed by atoms with van der Waals surface area (Å²) in [6.07, 6.45) is 1.27. The molecule has 0 spiro atoms. The Labute approximate surface area is 186 Å². The molecule has 0 saturated carbocycles. The molecule has 0 fully saturated rings. The molecule has 0 aliphatic carbocycles. The highest BCUT2D eigenvalue weighted by atomic mass is 79.9. The van der Waals surface area contributed by atoms with Crippen molar-refractivity contribution in [2.45, 2.75) is 6.92 Å². The summed E-state index contributed by atoms with van der Waals surface area (Å²) in [5, 5.41) is 11.6. The predicted octanol–water partition coefficient (Wildman–Crippen LogP) is 4.86. The number of hydrogen-bond acceptors (Lipinski definition) is 6. The lowest BCUT2D eigenvalue weighted by Gasteiger charge is -2.10. The summed E-state index contributed by atoms with van der Waals surface area (Å²) in [6, 6.07) is 11.2. The summed E-state index contributed by atoms with van der Waals surface area (Å²) in [6.45, 7) is 1.76. The minimum absolute atomic E-state index is 0.170. The highest BCUT2D eigenvalue weighted by Crippen LogP contribution is 2.34. The van der Waals surface area contributed by atoms with Crippen molar-refractivity contribution in [3.05, 3.63) is 61.3 Å². The van der Waals surface area contributed by atoms with Crippen LogP contribution in [0, 0.1) is 6.92 Å². The molecule has 2 aromatic carbocycles. The third-order valence-electron chi connectivity index (χ3n) is 3.39. The fourth-order valence-electron chi connectivity index (χ4n) is 2.15. The van der Waals surface area contributed by atoms with Gasteiger partial charge in [-0.3, -0.25) is 4.79 Å². The van der Waals surface area contributed by atoms with Crippen LogP contribution in [0.25, 0.3) is 11.5 Å². The van der Waals surface area contributed by atoms with Crippen LogP contribution in [0.15, 0.2) is 59.3 Å². The van der Waals surface area contributed by atoms with E-state index in [1.165, 1.54) is 6.21 Å². The van der Waals surface area contributed by atoms with Gasteiger partial charge in [0.2, 0.25) is 5.89 Å². The van der Waals surface area contributed by atoms with Gasteiger partial charge in [-0.05, 0) is 80.7 Å². The molecular weight excluding hydrogens is 560 g/mol. The molecule has 0 bridgehead atoms. The lowest BCUT2D eigenvalue weighted by molar-refractivity contribution is -0.123. The summed E-state index contributed by atoms with van der Waals surface area (Å²) in [5.74, 6) is 0.643. The summed E-state index contributed by atoms with van der Waals surface area (Å²) in [4.78, 5) is 11.9. The molecule has 0 aliphatic rings. The lowest BCUT2D eigenvalue weighted by atomic mass is 10.2. The standard InChI is InChI=1S/C18H13Br3N4O3/c1-10-6-13(20)17(14(21)7-10)27-9-15(26)23-22-8-16-24-25-18(28-16)11-2-4-12(19)5-3-11/h2-8H,9H2,1H3,(H,23,26)/b22-8-. The number of nitrogens with zero attached hydrogens (tertiary/aromatic N) is 3. The van der Waals surface area contributed by atoms with Crippen LogP contribution in [-0.2, 0) is 4.79 Å². The highest BCUT2D eigenvalue weighted by Gasteiger charge is 2.10. The first-order valence-electron chi connectivity index (χ1n) is 7.92. The molecule has 144 valence electrons. The molecule has 3 rings (SSSR count). The van der Waals surface area contributed by atoms with Gasteiger partial charge in [0.05, 0.1) is 8.95 Å². The van der Waals surface area contributed by atoms with Crippen molar-refractivity contribution in [3.63, 3.8) is 0 Å². The topological polar surface area (TPSA) is 89.6 Å². The number of hydrogen-bond donors (Lipinski definition) is 1. The third kappa shape index (κ3) is 5.49. The Hall–Kier alpha value is -2.04. The molecule has 10 heteroatoms. The van der Waals surface area contributed by atoms with E-state index in [-0.39, 0.29) is 12.5 Å². The molecular formula is C18H13Br3N4O3. The number of ether oxygens (including phenoxy) is 1. The third-order valence-corrected chi connectivity index (χ3v) is 5.09. The van der Waals surface area contributed by atoms with Crippen molar-refractivity contribution >= 4 is 59.9 Å². The van der Waals surface area contributed by atoms with Gasteiger partial charge in [0.15, 0.2) is 6.61 Å². The lowest BCUT2D eigenvalue weighted by Crippen LogP contribution is -2.24. The summed E-state index contributed by atoms with van der Waals surface area (Å²) in [7, 11) is 0. The number of hydrazone groups is 1. The Morgan fingerprint density at radius 3 is 2.54 bits per heavy atom. The van der Waals surface area contributed by atoms with Crippen molar-refractivity contribution in [1.82, 2.24) is 15.6 Å². The van der Waals surface area contributed by atoms with Crippen LogP contribution in [0.4, 0.5) is 0 Å². The molecule has 0 atom stereocenters. The zero-order valence-electron chi connectivity index (χ0n) is 14.4. The SMILES string of the molecule is Cc1cc(Br)c(OCC(=O)N/N=C\c2nnc(-c3ccc(Br)cc3)o2)c(Br)c1. The Morgan fingerprint density at radius 2 is 1.86 bits per heavy atom. The van der Waals surface area contributed by atoms with Gasteiger partial charge in [0, 0.05) is 10.0 Å². The average Bonchev–Trinajstić information content (AvgIpc) is 3.10. The van der Waals surface area contributed by atoms with Gasteiger partial charge in [-0.2, -0.15) is 5.10 Å². The van der Waals surface area contributed by atoms with E-state index in [1.54, 1.807) is 0 Å². The van der Waals surface area contributed by atoms with Gasteiger partial charge < -0.3 is 9.15 Å². The molecule has 28 heavy (non-hydrogen) atoms. The first-order valence-corrected chi connectivity index (χ1v) is 10.3. The summed E-state index contributed by atoms with van der Waals surface area (Å²) in [5.41, 5.74) is 4.19. The summed E-state index contributed by atoms with van der Waals surface area (Å²) >= 11 is 10.2. The van der Waals surface area contributed by atoms with E-state index >= 15 is 0 Å². The maximum atomic E-state index is 11.9. The van der Waals surface area contributed by atoms with Crippen LogP contribution >= 0.6 is 47.8 Å². The molecule has 3 aromatic rings. The number of aromatic nitrogens is 2. The van der Waals surface area contributed by atoms with Crippen molar-refractivity contribution < 1.29 is 13.9 Å². The van der Waals surface area contributed by atoms with Crippen LogP contribution in [0.1, 0.15) is 11.5 Å². The van der Waals surface area contributed by atoms with E-state index in [9.17, 15) is 4.79 Å². The van der Waals surface area contributed by atoms with E-state index in [4.69, 9.17) is 9.15 Å². The number of halogens is 3. The smallest absolute Gasteiger partial charge is 0.277 e. The molecule has 0 unspecified atom stereocenters. The van der Waals surface area contributed by atoms with Gasteiger partial charge in [0.1, 0.15) is 12.0 Å². The van der Waals surface area contributed by atoms with Crippen molar-refractivity contribution in [3.8, 4) is 17.2 Å². The molecule has 0 aliphatic heterocycles. The number of carbonyl (C=O) groups is 1. The van der Waals surface area contributed by atoms with Gasteiger partial charge in [0.25, 0.3) is 11.8 Å². The van der Waals surface area contributed by atoms with Crippen LogP contribution in [-0.4, -0.2) is 28.9 Å². The van der Waals surface area contributed by atoms with Gasteiger partial charge in [-0.15, -0.1) is 10.2 Å². The number of benzene rings is 2. The predicted molar refractivity (Wildman–Crippen MR) is 115 cm³/mol. The quantitative estimate of drug-likeness (QED) is 0.336. The Kier molecular flexibility index (Phi) is 6.97. The van der Waals surface area contributed by atoms with Gasteiger partial charge in [-0.1, -0.05) is 15.9 Å². The maximum Gasteiger partial charge on any atom is 0.277 e. The first kappa shape index (κ1) is 20.7. The maximum absolute atomic E-state index is 11.9. The highest BCUT2D eigenvalue weighted by molar-refractivity contribution is 9.11. The molecule has 1 aromatic heterocycles. The first-order chi connectivity index (χ1) is 13.4. The van der Waals surface area contributed by atoms with E-state index in [2.05, 4.69) is 68.5 Å². The molecule has 1 amide bonds. The van der Waals surface area contributed by atoms with E-state index in [0.29, 0.717) is 11.6 Å². The Bertz CT molecular complexity index is 996. The summed E-state index contributed by atoms with van der Waals surface area (Å²) < 4.78 is 13.5.